The van der Waals surface area contributed by atoms with E-state index < -0.39 is 0 Å². The fourth-order valence-electron chi connectivity index (χ4n) is 0.809. The van der Waals surface area contributed by atoms with Crippen LogP contribution in [0.1, 0.15) is 4.88 Å². The van der Waals surface area contributed by atoms with Gasteiger partial charge >= 0.3 is 0 Å². The lowest BCUT2D eigenvalue weighted by Gasteiger charge is -1.87. The van der Waals surface area contributed by atoms with Crippen molar-refractivity contribution >= 4 is 17.6 Å². The molecule has 0 unspecified atom stereocenters. The topological polar surface area (TPSA) is 30.2 Å². The van der Waals surface area contributed by atoms with Crippen molar-refractivity contribution in [3.63, 3.8) is 0 Å². The summed E-state index contributed by atoms with van der Waals surface area (Å²) in [6.07, 6.45) is 6.96. The third-order valence-corrected chi connectivity index (χ3v) is 2.16. The van der Waals surface area contributed by atoms with Gasteiger partial charge in [0.25, 0.3) is 0 Å². The molecule has 0 saturated heterocycles. The SMILES string of the molecule is C(=N\n1ccnc1)/c1cccs1. The molecule has 12 heavy (non-hydrogen) atoms. The van der Waals surface area contributed by atoms with Gasteiger partial charge < -0.3 is 0 Å². The Kier molecular flexibility index (Phi) is 2.00. The van der Waals surface area contributed by atoms with Crippen molar-refractivity contribution in [2.24, 2.45) is 5.10 Å². The summed E-state index contributed by atoms with van der Waals surface area (Å²) in [5, 5.41) is 6.17. The molecule has 0 fully saturated rings. The molecule has 60 valence electrons. The Labute approximate surface area is 74.0 Å². The number of thiophene rings is 1. The highest BCUT2D eigenvalue weighted by atomic mass is 32.1. The molecule has 0 bridgehead atoms. The summed E-state index contributed by atoms with van der Waals surface area (Å²) >= 11 is 1.66. The third kappa shape index (κ3) is 1.60. The summed E-state index contributed by atoms with van der Waals surface area (Å²) in [4.78, 5) is 5.02. The third-order valence-electron chi connectivity index (χ3n) is 1.35. The molecule has 0 aliphatic rings. The van der Waals surface area contributed by atoms with E-state index in [4.69, 9.17) is 0 Å². The smallest absolute Gasteiger partial charge is 0.116 e. The minimum atomic E-state index is 1.14. The summed E-state index contributed by atoms with van der Waals surface area (Å²) in [5.74, 6) is 0. The van der Waals surface area contributed by atoms with Crippen LogP contribution in [0.2, 0.25) is 0 Å². The molecule has 0 aliphatic heterocycles. The fraction of sp³-hybridized carbons (Fsp3) is 0. The van der Waals surface area contributed by atoms with Crippen LogP contribution >= 0.6 is 11.3 Å². The van der Waals surface area contributed by atoms with Crippen LogP contribution in [-0.4, -0.2) is 15.9 Å². The van der Waals surface area contributed by atoms with Crippen LogP contribution in [0, 0.1) is 0 Å². The summed E-state index contributed by atoms with van der Waals surface area (Å²) in [6, 6.07) is 4.02. The Morgan fingerprint density at radius 1 is 1.58 bits per heavy atom. The molecule has 2 rings (SSSR count). The standard InChI is InChI=1S/C8H7N3S/c1-2-8(12-5-1)6-10-11-4-3-9-7-11/h1-7H/b10-6+. The van der Waals surface area contributed by atoms with Gasteiger partial charge in [0.1, 0.15) is 6.33 Å². The molecule has 2 aromatic rings. The Morgan fingerprint density at radius 2 is 2.58 bits per heavy atom. The van der Waals surface area contributed by atoms with Crippen LogP contribution in [0.15, 0.2) is 41.3 Å². The van der Waals surface area contributed by atoms with Crippen molar-refractivity contribution in [3.8, 4) is 0 Å². The molecule has 2 heterocycles. The van der Waals surface area contributed by atoms with Crippen LogP contribution in [0.3, 0.4) is 0 Å². The zero-order valence-electron chi connectivity index (χ0n) is 6.29. The molecule has 4 heteroatoms. The lowest BCUT2D eigenvalue weighted by Crippen LogP contribution is -1.83. The van der Waals surface area contributed by atoms with Crippen LogP contribution in [0.5, 0.6) is 0 Å². The van der Waals surface area contributed by atoms with E-state index in [0.29, 0.717) is 0 Å². The molecule has 0 atom stereocenters. The minimum Gasteiger partial charge on any atom is -0.243 e. The van der Waals surface area contributed by atoms with Gasteiger partial charge in [0.05, 0.1) is 6.21 Å². The predicted octanol–water partition coefficient (Wildman–Crippen LogP) is 1.83. The average molecular weight is 177 g/mol. The number of nitrogens with zero attached hydrogens (tertiary/aromatic N) is 3. The number of hydrogen-bond donors (Lipinski definition) is 0. The maximum atomic E-state index is 4.15. The largest absolute Gasteiger partial charge is 0.243 e. The highest BCUT2D eigenvalue weighted by Crippen LogP contribution is 2.04. The molecule has 0 radical (unpaired) electrons. The molecule has 0 N–H and O–H groups in total. The fourth-order valence-corrected chi connectivity index (χ4v) is 1.39. The van der Waals surface area contributed by atoms with Crippen LogP contribution < -0.4 is 0 Å². The van der Waals surface area contributed by atoms with E-state index >= 15 is 0 Å². The number of aromatic nitrogens is 2. The van der Waals surface area contributed by atoms with Gasteiger partial charge in [-0.25, -0.2) is 9.66 Å². The maximum Gasteiger partial charge on any atom is 0.116 e. The van der Waals surface area contributed by atoms with Gasteiger partial charge in [-0.2, -0.15) is 5.10 Å². The van der Waals surface area contributed by atoms with Gasteiger partial charge in [-0.15, -0.1) is 11.3 Å². The van der Waals surface area contributed by atoms with E-state index in [-0.39, 0.29) is 0 Å². The average Bonchev–Trinajstić information content (AvgIpc) is 2.74. The van der Waals surface area contributed by atoms with E-state index in [2.05, 4.69) is 10.1 Å². The van der Waals surface area contributed by atoms with E-state index in [0.717, 1.165) is 4.88 Å². The van der Waals surface area contributed by atoms with E-state index in [1.54, 1.807) is 34.7 Å². The van der Waals surface area contributed by atoms with E-state index in [1.807, 2.05) is 23.7 Å². The zero-order chi connectivity index (χ0) is 8.23. The Morgan fingerprint density at radius 3 is 3.25 bits per heavy atom. The van der Waals surface area contributed by atoms with Crippen molar-refractivity contribution in [2.45, 2.75) is 0 Å². The van der Waals surface area contributed by atoms with Crippen LogP contribution in [-0.2, 0) is 0 Å². The molecular formula is C8H7N3S. The lowest BCUT2D eigenvalue weighted by atomic mass is 10.5. The Bertz CT molecular complexity index is 311. The van der Waals surface area contributed by atoms with Gasteiger partial charge in [-0.3, -0.25) is 0 Å². The number of rotatable bonds is 2. The molecule has 0 saturated carbocycles. The first-order valence-electron chi connectivity index (χ1n) is 3.51. The van der Waals surface area contributed by atoms with Crippen molar-refractivity contribution in [2.75, 3.05) is 0 Å². The molecule has 0 amide bonds. The Balaban J connectivity index is 2.14. The Hall–Kier alpha value is -1.42. The molecule has 0 spiro atoms. The second-order valence-electron chi connectivity index (χ2n) is 2.20. The van der Waals surface area contributed by atoms with E-state index in [1.165, 1.54) is 0 Å². The van der Waals surface area contributed by atoms with Crippen molar-refractivity contribution < 1.29 is 0 Å². The summed E-state index contributed by atoms with van der Waals surface area (Å²) in [5.41, 5.74) is 0. The second-order valence-corrected chi connectivity index (χ2v) is 3.18. The summed E-state index contributed by atoms with van der Waals surface area (Å²) in [6.45, 7) is 0. The lowest BCUT2D eigenvalue weighted by molar-refractivity contribution is 0.882. The van der Waals surface area contributed by atoms with Gasteiger partial charge in [-0.1, -0.05) is 6.07 Å². The number of imidazole rings is 1. The highest BCUT2D eigenvalue weighted by molar-refractivity contribution is 7.11. The van der Waals surface area contributed by atoms with Crippen LogP contribution in [0.4, 0.5) is 0 Å². The van der Waals surface area contributed by atoms with Crippen molar-refractivity contribution in [1.29, 1.82) is 0 Å². The van der Waals surface area contributed by atoms with Crippen molar-refractivity contribution in [3.05, 3.63) is 41.1 Å². The normalized spacial score (nSPS) is 11.0. The van der Waals surface area contributed by atoms with Gasteiger partial charge in [0.2, 0.25) is 0 Å². The molecular weight excluding hydrogens is 170 g/mol. The first kappa shape index (κ1) is 7.24. The van der Waals surface area contributed by atoms with Gasteiger partial charge in [0, 0.05) is 17.3 Å². The van der Waals surface area contributed by atoms with Gasteiger partial charge in [-0.05, 0) is 11.4 Å². The minimum absolute atomic E-state index is 1.14. The van der Waals surface area contributed by atoms with Crippen molar-refractivity contribution in [1.82, 2.24) is 9.66 Å². The molecule has 0 aromatic carbocycles. The van der Waals surface area contributed by atoms with Gasteiger partial charge in [0.15, 0.2) is 0 Å². The predicted molar refractivity (Wildman–Crippen MR) is 49.5 cm³/mol. The second kappa shape index (κ2) is 3.32. The molecule has 0 aliphatic carbocycles. The monoisotopic (exact) mass is 177 g/mol. The zero-order valence-corrected chi connectivity index (χ0v) is 7.11. The van der Waals surface area contributed by atoms with E-state index in [9.17, 15) is 0 Å². The molecule has 2 aromatic heterocycles. The summed E-state index contributed by atoms with van der Waals surface area (Å²) in [7, 11) is 0. The first-order valence-corrected chi connectivity index (χ1v) is 4.39. The maximum absolute atomic E-state index is 4.15. The highest BCUT2D eigenvalue weighted by Gasteiger charge is 1.86. The number of hydrogen-bond acceptors (Lipinski definition) is 3. The van der Waals surface area contributed by atoms with Crippen LogP contribution in [0.25, 0.3) is 0 Å². The molecule has 3 nitrogen and oxygen atoms in total. The summed E-state index contributed by atoms with van der Waals surface area (Å²) < 4.78 is 1.67. The quantitative estimate of drug-likeness (QED) is 0.643. The first-order chi connectivity index (χ1) is 5.95.